The Kier molecular flexibility index (Phi) is 10.4. The molecule has 0 aromatic rings. The number of carbonyl (C=O) groups excluding carboxylic acids is 1. The van der Waals surface area contributed by atoms with Gasteiger partial charge in [-0.05, 0) is 12.8 Å². The number of ether oxygens (including phenoxy) is 1. The fraction of sp³-hybridized carbons (Fsp3) is 0.857. The van der Waals surface area contributed by atoms with Crippen LogP contribution in [-0.4, -0.2) is 37.6 Å². The molecule has 1 unspecified atom stereocenters. The Balaban J connectivity index is 4.43. The first-order valence-electron chi connectivity index (χ1n) is 6.85. The minimum atomic E-state index is 0.0977. The summed E-state index contributed by atoms with van der Waals surface area (Å²) < 4.78 is 5.02. The molecular weight excluding hydrogens is 228 g/mol. The lowest BCUT2D eigenvalue weighted by Crippen LogP contribution is -2.38. The van der Waals surface area contributed by atoms with Crippen molar-refractivity contribution >= 4 is 5.91 Å². The molecule has 1 amide bonds. The van der Waals surface area contributed by atoms with Gasteiger partial charge in [0.15, 0.2) is 0 Å². The third-order valence-corrected chi connectivity index (χ3v) is 3.12. The molecule has 0 saturated carbocycles. The van der Waals surface area contributed by atoms with Gasteiger partial charge in [-0.3, -0.25) is 4.79 Å². The third-order valence-electron chi connectivity index (χ3n) is 3.12. The topological polar surface area (TPSA) is 53.3 Å². The van der Waals surface area contributed by atoms with E-state index < -0.39 is 0 Å². The number of amides is 1. The summed E-state index contributed by atoms with van der Waals surface area (Å²) in [5, 5.41) is 8.64. The molecule has 0 saturated heterocycles. The SMILES string of the molecule is CCCCC(CC)C(=O)N(CCC#N)CCOC. The lowest BCUT2D eigenvalue weighted by atomic mass is 9.97. The smallest absolute Gasteiger partial charge is 0.225 e. The van der Waals surface area contributed by atoms with Gasteiger partial charge in [-0.1, -0.05) is 26.7 Å². The fourth-order valence-corrected chi connectivity index (χ4v) is 1.93. The highest BCUT2D eigenvalue weighted by molar-refractivity contribution is 5.78. The summed E-state index contributed by atoms with van der Waals surface area (Å²) in [4.78, 5) is 14.1. The van der Waals surface area contributed by atoms with Gasteiger partial charge in [0, 0.05) is 26.1 Å². The molecule has 0 bridgehead atoms. The van der Waals surface area contributed by atoms with Crippen molar-refractivity contribution in [2.24, 2.45) is 5.92 Å². The van der Waals surface area contributed by atoms with Crippen molar-refractivity contribution in [3.05, 3.63) is 0 Å². The highest BCUT2D eigenvalue weighted by Gasteiger charge is 2.21. The van der Waals surface area contributed by atoms with Crippen LogP contribution in [0.3, 0.4) is 0 Å². The molecule has 0 aliphatic carbocycles. The van der Waals surface area contributed by atoms with Crippen LogP contribution in [0.5, 0.6) is 0 Å². The second-order valence-electron chi connectivity index (χ2n) is 4.47. The number of rotatable bonds is 10. The van der Waals surface area contributed by atoms with Crippen LogP contribution in [0, 0.1) is 17.2 Å². The maximum atomic E-state index is 12.4. The van der Waals surface area contributed by atoms with Crippen LogP contribution >= 0.6 is 0 Å². The maximum Gasteiger partial charge on any atom is 0.225 e. The first-order valence-corrected chi connectivity index (χ1v) is 6.85. The Morgan fingerprint density at radius 3 is 2.61 bits per heavy atom. The van der Waals surface area contributed by atoms with Crippen molar-refractivity contribution in [3.8, 4) is 6.07 Å². The fourth-order valence-electron chi connectivity index (χ4n) is 1.93. The average Bonchev–Trinajstić information content (AvgIpc) is 2.39. The maximum absolute atomic E-state index is 12.4. The number of hydrogen-bond donors (Lipinski definition) is 0. The second-order valence-corrected chi connectivity index (χ2v) is 4.47. The first kappa shape index (κ1) is 16.9. The lowest BCUT2D eigenvalue weighted by molar-refractivity contribution is -0.136. The van der Waals surface area contributed by atoms with E-state index in [2.05, 4.69) is 19.9 Å². The second kappa shape index (κ2) is 11.0. The Labute approximate surface area is 111 Å². The van der Waals surface area contributed by atoms with Gasteiger partial charge in [0.1, 0.15) is 0 Å². The summed E-state index contributed by atoms with van der Waals surface area (Å²) in [6, 6.07) is 2.09. The zero-order valence-electron chi connectivity index (χ0n) is 11.9. The van der Waals surface area contributed by atoms with E-state index >= 15 is 0 Å². The molecule has 0 fully saturated rings. The molecule has 104 valence electrons. The summed E-state index contributed by atoms with van der Waals surface area (Å²) in [7, 11) is 1.63. The number of nitriles is 1. The lowest BCUT2D eigenvalue weighted by Gasteiger charge is -2.26. The van der Waals surface area contributed by atoms with Crippen LogP contribution in [0.25, 0.3) is 0 Å². The third kappa shape index (κ3) is 6.61. The van der Waals surface area contributed by atoms with Crippen LogP contribution in [0.1, 0.15) is 46.0 Å². The van der Waals surface area contributed by atoms with Crippen molar-refractivity contribution in [1.29, 1.82) is 5.26 Å². The zero-order chi connectivity index (χ0) is 13.8. The van der Waals surface area contributed by atoms with E-state index in [1.807, 2.05) is 0 Å². The van der Waals surface area contributed by atoms with Crippen LogP contribution in [0.15, 0.2) is 0 Å². The monoisotopic (exact) mass is 254 g/mol. The molecule has 0 heterocycles. The van der Waals surface area contributed by atoms with Gasteiger partial charge in [0.2, 0.25) is 5.91 Å². The van der Waals surface area contributed by atoms with E-state index in [1.165, 1.54) is 0 Å². The van der Waals surface area contributed by atoms with Crippen molar-refractivity contribution in [1.82, 2.24) is 4.90 Å². The summed E-state index contributed by atoms with van der Waals surface area (Å²) >= 11 is 0. The van der Waals surface area contributed by atoms with E-state index in [0.29, 0.717) is 26.1 Å². The van der Waals surface area contributed by atoms with Gasteiger partial charge in [-0.15, -0.1) is 0 Å². The predicted molar refractivity (Wildman–Crippen MR) is 72.0 cm³/mol. The Morgan fingerprint density at radius 1 is 1.39 bits per heavy atom. The molecule has 0 aromatic heterocycles. The van der Waals surface area contributed by atoms with Gasteiger partial charge in [0.05, 0.1) is 19.1 Å². The van der Waals surface area contributed by atoms with E-state index in [0.717, 1.165) is 25.7 Å². The van der Waals surface area contributed by atoms with Crippen LogP contribution in [-0.2, 0) is 9.53 Å². The molecule has 0 spiro atoms. The van der Waals surface area contributed by atoms with Crippen LogP contribution in [0.2, 0.25) is 0 Å². The Hall–Kier alpha value is -1.08. The average molecular weight is 254 g/mol. The van der Waals surface area contributed by atoms with Gasteiger partial charge < -0.3 is 9.64 Å². The van der Waals surface area contributed by atoms with Crippen molar-refractivity contribution in [2.45, 2.75) is 46.0 Å². The normalized spacial score (nSPS) is 11.9. The Bertz CT molecular complexity index is 261. The molecular formula is C14H26N2O2. The number of methoxy groups -OCH3 is 1. The minimum absolute atomic E-state index is 0.0977. The highest BCUT2D eigenvalue weighted by atomic mass is 16.5. The van der Waals surface area contributed by atoms with Crippen molar-refractivity contribution in [2.75, 3.05) is 26.8 Å². The van der Waals surface area contributed by atoms with Gasteiger partial charge >= 0.3 is 0 Å². The van der Waals surface area contributed by atoms with Gasteiger partial charge in [-0.2, -0.15) is 5.26 Å². The number of carbonyl (C=O) groups is 1. The standard InChI is InChI=1S/C14H26N2O2/c1-4-6-8-13(5-2)14(17)16(10-7-9-15)11-12-18-3/h13H,4-8,10-12H2,1-3H3. The molecule has 0 N–H and O–H groups in total. The number of unbranched alkanes of at least 4 members (excludes halogenated alkanes) is 1. The van der Waals surface area contributed by atoms with Gasteiger partial charge in [0.25, 0.3) is 0 Å². The largest absolute Gasteiger partial charge is 0.383 e. The minimum Gasteiger partial charge on any atom is -0.383 e. The van der Waals surface area contributed by atoms with E-state index in [4.69, 9.17) is 10.00 Å². The number of hydrogen-bond acceptors (Lipinski definition) is 3. The van der Waals surface area contributed by atoms with E-state index in [-0.39, 0.29) is 11.8 Å². The molecule has 0 rings (SSSR count). The van der Waals surface area contributed by atoms with Crippen molar-refractivity contribution in [3.63, 3.8) is 0 Å². The molecule has 0 radical (unpaired) electrons. The van der Waals surface area contributed by atoms with Crippen molar-refractivity contribution < 1.29 is 9.53 Å². The predicted octanol–water partition coefficient (Wildman–Crippen LogP) is 2.59. The quantitative estimate of drug-likeness (QED) is 0.602. The number of nitrogens with zero attached hydrogens (tertiary/aromatic N) is 2. The first-order chi connectivity index (χ1) is 8.71. The Morgan fingerprint density at radius 2 is 2.11 bits per heavy atom. The summed E-state index contributed by atoms with van der Waals surface area (Å²) in [5.41, 5.74) is 0. The molecule has 18 heavy (non-hydrogen) atoms. The molecule has 0 aliphatic rings. The molecule has 4 nitrogen and oxygen atoms in total. The van der Waals surface area contributed by atoms with E-state index in [9.17, 15) is 4.79 Å². The highest BCUT2D eigenvalue weighted by Crippen LogP contribution is 2.16. The van der Waals surface area contributed by atoms with E-state index in [1.54, 1.807) is 12.0 Å². The molecule has 0 aliphatic heterocycles. The molecule has 1 atom stereocenters. The molecule has 0 aromatic carbocycles. The van der Waals surface area contributed by atoms with Crippen LogP contribution in [0.4, 0.5) is 0 Å². The van der Waals surface area contributed by atoms with Crippen LogP contribution < -0.4 is 0 Å². The summed E-state index contributed by atoms with van der Waals surface area (Å²) in [6.07, 6.45) is 4.40. The summed E-state index contributed by atoms with van der Waals surface area (Å²) in [5.74, 6) is 0.277. The summed E-state index contributed by atoms with van der Waals surface area (Å²) in [6.45, 7) is 5.81. The van der Waals surface area contributed by atoms with Gasteiger partial charge in [-0.25, -0.2) is 0 Å². The zero-order valence-corrected chi connectivity index (χ0v) is 11.9. The molecule has 4 heteroatoms.